The first-order valence-electron chi connectivity index (χ1n) is 5.19. The molecule has 0 nitrogen and oxygen atoms in total. The van der Waals surface area contributed by atoms with Crippen LogP contribution >= 0.6 is 11.8 Å². The quantitative estimate of drug-likeness (QED) is 0.621. The maximum absolute atomic E-state index is 13.1. The third-order valence-electron chi connectivity index (χ3n) is 2.19. The monoisotopic (exact) mass is 212 g/mol. The molecule has 1 aromatic rings. The van der Waals surface area contributed by atoms with Crippen molar-refractivity contribution in [2.75, 3.05) is 5.75 Å². The van der Waals surface area contributed by atoms with E-state index < -0.39 is 0 Å². The molecule has 0 saturated carbocycles. The zero-order valence-electron chi connectivity index (χ0n) is 9.06. The van der Waals surface area contributed by atoms with Gasteiger partial charge in [0.15, 0.2) is 0 Å². The number of thioether (sulfide) groups is 1. The lowest BCUT2D eigenvalue weighted by Gasteiger charge is -2.15. The van der Waals surface area contributed by atoms with Crippen LogP contribution in [0.1, 0.15) is 31.4 Å². The summed E-state index contributed by atoms with van der Waals surface area (Å²) in [6, 6.07) is 3.66. The van der Waals surface area contributed by atoms with Gasteiger partial charge in [-0.2, -0.15) is 0 Å². The summed E-state index contributed by atoms with van der Waals surface area (Å²) in [5.41, 5.74) is 2.10. The van der Waals surface area contributed by atoms with Crippen LogP contribution in [0.25, 0.3) is 0 Å². The summed E-state index contributed by atoms with van der Waals surface area (Å²) < 4.78 is 13.1. The van der Waals surface area contributed by atoms with Crippen molar-refractivity contribution in [3.05, 3.63) is 29.1 Å². The molecule has 0 amide bonds. The van der Waals surface area contributed by atoms with Crippen molar-refractivity contribution in [3.63, 3.8) is 0 Å². The Morgan fingerprint density at radius 1 is 1.29 bits per heavy atom. The second-order valence-electron chi connectivity index (χ2n) is 3.16. The first-order chi connectivity index (χ1) is 6.77. The third-order valence-corrected chi connectivity index (χ3v) is 3.37. The van der Waals surface area contributed by atoms with E-state index >= 15 is 0 Å². The Hall–Kier alpha value is -0.500. The van der Waals surface area contributed by atoms with Crippen LogP contribution in [0, 0.1) is 12.7 Å². The fourth-order valence-electron chi connectivity index (χ4n) is 1.50. The number of hydrogen-bond donors (Lipinski definition) is 0. The SMILES string of the molecule is CC.Cc1cc2c(cc1F)SCCC2. The molecule has 0 saturated heterocycles. The molecule has 0 aliphatic carbocycles. The smallest absolute Gasteiger partial charge is 0.127 e. The van der Waals surface area contributed by atoms with E-state index in [-0.39, 0.29) is 5.82 Å². The number of benzene rings is 1. The Bertz CT molecular complexity index is 276. The summed E-state index contributed by atoms with van der Waals surface area (Å²) in [4.78, 5) is 1.14. The van der Waals surface area contributed by atoms with Crippen LogP contribution in [-0.4, -0.2) is 5.75 Å². The normalized spacial score (nSPS) is 14.0. The van der Waals surface area contributed by atoms with Gasteiger partial charge in [0.25, 0.3) is 0 Å². The topological polar surface area (TPSA) is 0 Å². The highest BCUT2D eigenvalue weighted by Crippen LogP contribution is 2.31. The fourth-order valence-corrected chi connectivity index (χ4v) is 2.54. The second-order valence-corrected chi connectivity index (χ2v) is 4.30. The van der Waals surface area contributed by atoms with Crippen LogP contribution in [0.3, 0.4) is 0 Å². The number of rotatable bonds is 0. The molecule has 0 fully saturated rings. The number of aryl methyl sites for hydroxylation is 2. The summed E-state index contributed by atoms with van der Waals surface area (Å²) >= 11 is 1.77. The zero-order chi connectivity index (χ0) is 10.6. The Labute approximate surface area is 89.9 Å². The van der Waals surface area contributed by atoms with E-state index in [0.717, 1.165) is 22.6 Å². The van der Waals surface area contributed by atoms with Gasteiger partial charge in [0, 0.05) is 4.90 Å². The first kappa shape index (κ1) is 11.6. The van der Waals surface area contributed by atoms with E-state index in [9.17, 15) is 4.39 Å². The summed E-state index contributed by atoms with van der Waals surface area (Å²) in [5, 5.41) is 0. The van der Waals surface area contributed by atoms with Crippen molar-refractivity contribution in [1.29, 1.82) is 0 Å². The van der Waals surface area contributed by atoms with Gasteiger partial charge in [0.1, 0.15) is 5.82 Å². The molecule has 1 aromatic carbocycles. The predicted molar refractivity (Wildman–Crippen MR) is 61.5 cm³/mol. The van der Waals surface area contributed by atoms with Gasteiger partial charge in [-0.15, -0.1) is 11.8 Å². The lowest BCUT2D eigenvalue weighted by molar-refractivity contribution is 0.612. The summed E-state index contributed by atoms with van der Waals surface area (Å²) in [7, 11) is 0. The van der Waals surface area contributed by atoms with Crippen LogP contribution in [0.5, 0.6) is 0 Å². The molecular weight excluding hydrogens is 195 g/mol. The third kappa shape index (κ3) is 2.50. The summed E-state index contributed by atoms with van der Waals surface area (Å²) in [6.45, 7) is 5.83. The first-order valence-corrected chi connectivity index (χ1v) is 6.18. The highest BCUT2D eigenvalue weighted by atomic mass is 32.2. The average Bonchev–Trinajstić information content (AvgIpc) is 2.23. The molecule has 14 heavy (non-hydrogen) atoms. The minimum absolute atomic E-state index is 0.0665. The Morgan fingerprint density at radius 2 is 2.00 bits per heavy atom. The van der Waals surface area contributed by atoms with Gasteiger partial charge in [0.05, 0.1) is 0 Å². The maximum atomic E-state index is 13.1. The minimum atomic E-state index is -0.0665. The predicted octanol–water partition coefficient (Wildman–Crippen LogP) is 4.20. The van der Waals surface area contributed by atoms with E-state index in [1.54, 1.807) is 17.8 Å². The fraction of sp³-hybridized carbons (Fsp3) is 0.500. The second kappa shape index (κ2) is 5.40. The summed E-state index contributed by atoms with van der Waals surface area (Å²) in [6.07, 6.45) is 2.34. The zero-order valence-corrected chi connectivity index (χ0v) is 9.88. The molecule has 0 bridgehead atoms. The number of fused-ring (bicyclic) bond motifs is 1. The molecule has 0 atom stereocenters. The average molecular weight is 212 g/mol. The van der Waals surface area contributed by atoms with E-state index in [2.05, 4.69) is 0 Å². The molecule has 78 valence electrons. The van der Waals surface area contributed by atoms with Crippen LogP contribution in [0.2, 0.25) is 0 Å². The summed E-state index contributed by atoms with van der Waals surface area (Å²) in [5.74, 6) is 1.07. The van der Waals surface area contributed by atoms with Crippen molar-refractivity contribution < 1.29 is 4.39 Å². The lowest BCUT2D eigenvalue weighted by atomic mass is 10.1. The van der Waals surface area contributed by atoms with Gasteiger partial charge in [-0.1, -0.05) is 19.9 Å². The van der Waals surface area contributed by atoms with Crippen LogP contribution in [0.4, 0.5) is 4.39 Å². The van der Waals surface area contributed by atoms with Crippen LogP contribution in [-0.2, 0) is 6.42 Å². The Balaban J connectivity index is 0.000000461. The standard InChI is InChI=1S/C10H11FS.C2H6/c1-7-5-8-3-2-4-12-10(8)6-9(7)11;1-2/h5-6H,2-4H2,1H3;1-2H3. The van der Waals surface area contributed by atoms with Gasteiger partial charge >= 0.3 is 0 Å². The molecule has 0 N–H and O–H groups in total. The van der Waals surface area contributed by atoms with Crippen molar-refractivity contribution in [2.24, 2.45) is 0 Å². The van der Waals surface area contributed by atoms with E-state index in [0.29, 0.717) is 0 Å². The van der Waals surface area contributed by atoms with Crippen molar-refractivity contribution in [2.45, 2.75) is 38.5 Å². The van der Waals surface area contributed by atoms with Crippen LogP contribution in [0.15, 0.2) is 17.0 Å². The highest BCUT2D eigenvalue weighted by molar-refractivity contribution is 7.99. The van der Waals surface area contributed by atoms with Crippen LogP contribution < -0.4 is 0 Å². The molecule has 2 heteroatoms. The molecule has 1 aliphatic rings. The number of hydrogen-bond acceptors (Lipinski definition) is 1. The van der Waals surface area contributed by atoms with E-state index in [4.69, 9.17) is 0 Å². The highest BCUT2D eigenvalue weighted by Gasteiger charge is 2.11. The molecule has 1 heterocycles. The van der Waals surface area contributed by atoms with Gasteiger partial charge in [0.2, 0.25) is 0 Å². The lowest BCUT2D eigenvalue weighted by Crippen LogP contribution is -2.00. The van der Waals surface area contributed by atoms with E-state index in [1.807, 2.05) is 26.8 Å². The van der Waals surface area contributed by atoms with Gasteiger partial charge in [-0.05, 0) is 42.7 Å². The molecule has 1 aliphatic heterocycles. The van der Waals surface area contributed by atoms with Gasteiger partial charge in [-0.3, -0.25) is 0 Å². The van der Waals surface area contributed by atoms with Gasteiger partial charge < -0.3 is 0 Å². The largest absolute Gasteiger partial charge is 0.207 e. The molecule has 0 spiro atoms. The Morgan fingerprint density at radius 3 is 2.71 bits per heavy atom. The number of halogens is 1. The molecule has 0 unspecified atom stereocenters. The minimum Gasteiger partial charge on any atom is -0.207 e. The molecule has 0 radical (unpaired) electrons. The maximum Gasteiger partial charge on any atom is 0.127 e. The van der Waals surface area contributed by atoms with Crippen molar-refractivity contribution >= 4 is 11.8 Å². The van der Waals surface area contributed by atoms with E-state index in [1.165, 1.54) is 12.0 Å². The molecular formula is C12H17FS. The van der Waals surface area contributed by atoms with Gasteiger partial charge in [-0.25, -0.2) is 4.39 Å². The van der Waals surface area contributed by atoms with Crippen molar-refractivity contribution in [1.82, 2.24) is 0 Å². The van der Waals surface area contributed by atoms with Crippen molar-refractivity contribution in [3.8, 4) is 0 Å². The Kier molecular flexibility index (Phi) is 4.46. The molecule has 0 aromatic heterocycles. The molecule has 2 rings (SSSR count).